The van der Waals surface area contributed by atoms with Gasteiger partial charge in [0.2, 0.25) is 5.78 Å². The van der Waals surface area contributed by atoms with Crippen molar-refractivity contribution in [3.8, 4) is 0 Å². The van der Waals surface area contributed by atoms with Crippen LogP contribution in [0.25, 0.3) is 0 Å². The fraction of sp³-hybridized carbons (Fsp3) is 0.990. The van der Waals surface area contributed by atoms with E-state index in [-0.39, 0.29) is 84.7 Å². The molecule has 0 bridgehead atoms. The predicted octanol–water partition coefficient (Wildman–Crippen LogP) is 17.7. The first kappa shape index (κ1) is 102. The average Bonchev–Trinajstić information content (AvgIpc) is 1.65. The maximum atomic E-state index is 13.2. The zero-order chi connectivity index (χ0) is 87.6. The van der Waals surface area contributed by atoms with Crippen molar-refractivity contribution >= 4 is 14.2 Å². The maximum Gasteiger partial charge on any atom is 1.00 e. The number of alkyl halides is 12. The summed E-state index contributed by atoms with van der Waals surface area (Å²) in [6.07, 6.45) is 9.95. The SMILES string of the molecule is COC[C@]1(O)CC[C@H]2[C@H](CC[C@@H]3[C@@H]2CC[C@]2(C)[C@@H]([C@H](C)C(=O)C(F)(F)F)CC[C@@H]32)C1.COC[C@]1(O)CC[C@H]2[C@H](CC[C@@H]3[C@@H]2CC[C@]2(C)[C@@H]([C@H](C)[C@@H](O)C(F)(F)F)CC[C@@H]32)C1.COC[C@]1(O)CC[C@H]2[C@H](CC[C@@H]3[C@@H]2CC[C@]2(C)[C@@H]([C@H](C)[C@H](O)C(F)(F)F)CC[C@@H]32)C1.COC[C@]1(O)CC[C@H]2[C@H](CC[C@@H]3[C@@H]2CC[C@]2(C)[C@@H]([C@H](C)[C@H](O)C(F)(F)F)CC[C@@H]32)C1.[B].[H-].[Na+]. The van der Waals surface area contributed by atoms with Gasteiger partial charge in [0.25, 0.3) is 0 Å². The second-order valence-electron chi connectivity index (χ2n) is 45.4. The van der Waals surface area contributed by atoms with Gasteiger partial charge < -0.3 is 56.1 Å². The first-order valence-corrected chi connectivity index (χ1v) is 47.7. The van der Waals surface area contributed by atoms with Crippen molar-refractivity contribution in [2.24, 2.45) is 187 Å². The average molecular weight is 1760 g/mol. The molecule has 16 aliphatic rings. The number of ketones is 1. The van der Waals surface area contributed by atoms with E-state index >= 15 is 0 Å². The van der Waals surface area contributed by atoms with Crippen LogP contribution < -0.4 is 29.6 Å². The molecule has 0 aromatic rings. The van der Waals surface area contributed by atoms with Gasteiger partial charge in [-0.3, -0.25) is 4.79 Å². The van der Waals surface area contributed by atoms with Crippen molar-refractivity contribution in [1.82, 2.24) is 0 Å². The summed E-state index contributed by atoms with van der Waals surface area (Å²) in [7, 11) is 6.59. The van der Waals surface area contributed by atoms with Gasteiger partial charge in [-0.15, -0.1) is 0 Å². The topological polar surface area (TPSA) is 196 Å². The maximum absolute atomic E-state index is 13.2. The van der Waals surface area contributed by atoms with Gasteiger partial charge >= 0.3 is 54.3 Å². The summed E-state index contributed by atoms with van der Waals surface area (Å²) >= 11 is 0. The van der Waals surface area contributed by atoms with Crippen LogP contribution in [0.3, 0.4) is 0 Å². The number of rotatable bonds is 16. The Balaban J connectivity index is 0.000000170. The van der Waals surface area contributed by atoms with E-state index < -0.39 is 94.9 Å². The molecule has 16 fully saturated rings. The number of carbonyl (C=O) groups excluding carboxylic acids is 1. The zero-order valence-corrected chi connectivity index (χ0v) is 78.0. The summed E-state index contributed by atoms with van der Waals surface area (Å²) < 4.78 is 179. The van der Waals surface area contributed by atoms with Crippen LogP contribution in [0.2, 0.25) is 0 Å². The van der Waals surface area contributed by atoms with Crippen molar-refractivity contribution < 1.29 is 143 Å². The molecule has 0 amide bonds. The summed E-state index contributed by atoms with van der Waals surface area (Å²) in [5, 5.41) is 73.3. The van der Waals surface area contributed by atoms with Gasteiger partial charge in [0.15, 0.2) is 18.3 Å². The minimum Gasteiger partial charge on any atom is -1.00 e. The Hall–Kier alpha value is -0.545. The van der Waals surface area contributed by atoms with Crippen LogP contribution in [0.4, 0.5) is 52.7 Å². The molecule has 16 saturated carbocycles. The van der Waals surface area contributed by atoms with Gasteiger partial charge in [-0.25, -0.2) is 0 Å². The summed E-state index contributed by atoms with van der Waals surface area (Å²) in [6.45, 7) is 16.8. The molecule has 699 valence electrons. The standard InChI is InChI=1S/3C24H39F3O3.C24H37F3O3.B.Na.H/c4*1-14(21(28)24(25,26)27)19-6-7-20-18-5-4-15-12-23(29,13-30-3)11-9-16(15)17(18)8-10-22(19,20)2;;;/h3*14-21,28-29H,4-13H2,1-3H3;14-20,29H,4-13H2,1-3H3;;;/q;;;;;+1;-1/t14-,15+,16-,17+,18+,19+,20-,21+,22+,23-;2*14-,15+,16-,17+,18+,19+,20-,21-,22+,23-;14-,15+,16-,17+,18+,19+,20-,22+,23-;;;/m0000.../s1. The third-order valence-corrected chi connectivity index (χ3v) is 40.1. The van der Waals surface area contributed by atoms with Crippen LogP contribution in [0.5, 0.6) is 0 Å². The van der Waals surface area contributed by atoms with Gasteiger partial charge in [-0.2, -0.15) is 52.7 Å². The van der Waals surface area contributed by atoms with Gasteiger partial charge in [-0.05, 0) is 413 Å². The Bertz CT molecular complexity index is 3170. The summed E-state index contributed by atoms with van der Waals surface area (Å²) in [4.78, 5) is 12.0. The molecule has 39 atom stereocenters. The molecule has 0 aliphatic heterocycles. The number of hydrogen-bond acceptors (Lipinski definition) is 12. The molecule has 122 heavy (non-hydrogen) atoms. The Morgan fingerprint density at radius 2 is 0.525 bits per heavy atom. The number of carbonyl (C=O) groups is 1. The van der Waals surface area contributed by atoms with E-state index in [0.29, 0.717) is 145 Å². The van der Waals surface area contributed by atoms with E-state index in [0.717, 1.165) is 231 Å². The van der Waals surface area contributed by atoms with Crippen LogP contribution in [0.15, 0.2) is 0 Å². The Labute approximate surface area is 747 Å². The van der Waals surface area contributed by atoms with Crippen LogP contribution >= 0.6 is 0 Å². The van der Waals surface area contributed by atoms with Crippen LogP contribution in [0, 0.1) is 187 Å². The molecule has 0 unspecified atom stereocenters. The number of Topliss-reactive ketones (excluding diaryl/α,β-unsaturated/α-hetero) is 1. The van der Waals surface area contributed by atoms with Crippen molar-refractivity contribution in [2.75, 3.05) is 54.9 Å². The van der Waals surface area contributed by atoms with Crippen LogP contribution in [0.1, 0.15) is 288 Å². The second kappa shape index (κ2) is 38.4. The second-order valence-corrected chi connectivity index (χ2v) is 45.4. The minimum absolute atomic E-state index is 0. The number of aliphatic hydroxyl groups is 7. The Kier molecular flexibility index (Phi) is 32.1. The van der Waals surface area contributed by atoms with Crippen molar-refractivity contribution in [2.45, 2.75) is 352 Å². The van der Waals surface area contributed by atoms with Crippen molar-refractivity contribution in [3.63, 3.8) is 0 Å². The summed E-state index contributed by atoms with van der Waals surface area (Å²) in [5.41, 5.74) is -3.19. The molecular formula is C96H155BF12NaO12. The zero-order valence-electron chi connectivity index (χ0n) is 77.0. The monoisotopic (exact) mass is 1760 g/mol. The summed E-state index contributed by atoms with van der Waals surface area (Å²) in [5.74, 6) is 6.48. The van der Waals surface area contributed by atoms with Crippen LogP contribution in [-0.2, 0) is 23.7 Å². The molecule has 26 heteroatoms. The van der Waals surface area contributed by atoms with Gasteiger partial charge in [0.1, 0.15) is 0 Å². The molecule has 0 spiro atoms. The number of aliphatic hydroxyl groups excluding tert-OH is 3. The van der Waals surface area contributed by atoms with E-state index in [1.807, 2.05) is 0 Å². The van der Waals surface area contributed by atoms with E-state index in [1.165, 1.54) is 6.92 Å². The molecule has 12 nitrogen and oxygen atoms in total. The van der Waals surface area contributed by atoms with E-state index in [1.54, 1.807) is 49.2 Å². The molecule has 16 aliphatic carbocycles. The van der Waals surface area contributed by atoms with E-state index in [4.69, 9.17) is 18.9 Å². The molecule has 16 rings (SSSR count). The molecular weight excluding hydrogens is 1610 g/mol. The van der Waals surface area contributed by atoms with Gasteiger partial charge in [0.05, 0.1) is 48.8 Å². The fourth-order valence-corrected chi connectivity index (χ4v) is 35.0. The third-order valence-electron chi connectivity index (χ3n) is 40.1. The Morgan fingerprint density at radius 1 is 0.320 bits per heavy atom. The first-order valence-electron chi connectivity index (χ1n) is 47.7. The number of ether oxygens (including phenoxy) is 4. The Morgan fingerprint density at radius 3 is 0.730 bits per heavy atom. The van der Waals surface area contributed by atoms with E-state index in [2.05, 4.69) is 27.7 Å². The quantitative estimate of drug-likeness (QED) is 0.0572. The largest absolute Gasteiger partial charge is 1.00 e. The normalized spacial score (nSPS) is 47.3. The number of fused-ring (bicyclic) bond motifs is 20. The molecule has 0 aromatic heterocycles. The molecule has 0 heterocycles. The number of methoxy groups -OCH3 is 4. The molecule has 7 N–H and O–H groups in total. The van der Waals surface area contributed by atoms with Crippen LogP contribution in [-0.4, -0.2) is 170 Å². The molecule has 3 radical (unpaired) electrons. The number of halogens is 12. The molecule has 0 saturated heterocycles. The number of hydrogen-bond donors (Lipinski definition) is 7. The van der Waals surface area contributed by atoms with Crippen molar-refractivity contribution in [1.29, 1.82) is 0 Å². The summed E-state index contributed by atoms with van der Waals surface area (Å²) in [6, 6.07) is 0. The third kappa shape index (κ3) is 19.7. The molecule has 0 aromatic carbocycles. The smallest absolute Gasteiger partial charge is 1.00 e. The van der Waals surface area contributed by atoms with Gasteiger partial charge in [-0.1, -0.05) is 55.4 Å². The fourth-order valence-electron chi connectivity index (χ4n) is 35.0. The first-order chi connectivity index (χ1) is 56.0. The predicted molar refractivity (Wildman–Crippen MR) is 440 cm³/mol. The minimum atomic E-state index is -4.73. The van der Waals surface area contributed by atoms with Crippen molar-refractivity contribution in [3.05, 3.63) is 0 Å². The van der Waals surface area contributed by atoms with Gasteiger partial charge in [0, 0.05) is 42.8 Å². The van der Waals surface area contributed by atoms with E-state index in [9.17, 15) is 93.2 Å².